The van der Waals surface area contributed by atoms with Gasteiger partial charge in [0.2, 0.25) is 0 Å². The highest BCUT2D eigenvalue weighted by Crippen LogP contribution is 2.19. The smallest absolute Gasteiger partial charge is 0.175 e. The third-order valence-electron chi connectivity index (χ3n) is 1.86. The van der Waals surface area contributed by atoms with E-state index in [9.17, 15) is 0 Å². The van der Waals surface area contributed by atoms with Crippen molar-refractivity contribution in [2.75, 3.05) is 0 Å². The predicted molar refractivity (Wildman–Crippen MR) is 63.2 cm³/mol. The van der Waals surface area contributed by atoms with E-state index in [0.717, 1.165) is 7.28 Å². The molecule has 0 saturated heterocycles. The third-order valence-corrected chi connectivity index (χ3v) is 1.86. The van der Waals surface area contributed by atoms with Crippen LogP contribution in [0.1, 0.15) is 34.6 Å². The minimum Gasteiger partial charge on any atom is -0.356 e. The van der Waals surface area contributed by atoms with Crippen LogP contribution in [0.15, 0.2) is 23.9 Å². The molecule has 0 saturated carbocycles. The van der Waals surface area contributed by atoms with Crippen LogP contribution >= 0.6 is 0 Å². The van der Waals surface area contributed by atoms with E-state index < -0.39 is 0 Å². The first-order chi connectivity index (χ1) is 5.79. The zero-order valence-electron chi connectivity index (χ0n) is 9.94. The molecule has 0 fully saturated rings. The predicted octanol–water partition coefficient (Wildman–Crippen LogP) is 2.97. The molecular weight excluding hydrogens is 157 g/mol. The molecule has 0 bridgehead atoms. The van der Waals surface area contributed by atoms with E-state index in [1.165, 1.54) is 11.2 Å². The first-order valence-corrected chi connectivity index (χ1v) is 4.91. The Morgan fingerprint density at radius 1 is 1.31 bits per heavy atom. The van der Waals surface area contributed by atoms with Crippen molar-refractivity contribution in [1.29, 1.82) is 0 Å². The molecule has 0 aliphatic carbocycles. The van der Waals surface area contributed by atoms with E-state index >= 15 is 0 Å². The molecule has 0 N–H and O–H groups in total. The van der Waals surface area contributed by atoms with Crippen molar-refractivity contribution >= 4 is 7.28 Å². The molecule has 0 aromatic rings. The van der Waals surface area contributed by atoms with Gasteiger partial charge in [-0.3, -0.25) is 0 Å². The van der Waals surface area contributed by atoms with Crippen LogP contribution in [0.25, 0.3) is 0 Å². The Bertz CT molecular complexity index is 207. The molecule has 0 spiro atoms. The molecule has 0 rings (SSSR count). The monoisotopic (exact) mass is 179 g/mol. The lowest BCUT2D eigenvalue weighted by Gasteiger charge is -2.36. The van der Waals surface area contributed by atoms with Crippen LogP contribution in [-0.2, 0) is 0 Å². The zero-order chi connectivity index (χ0) is 10.6. The maximum atomic E-state index is 4.07. The summed E-state index contributed by atoms with van der Waals surface area (Å²) >= 11 is 0. The van der Waals surface area contributed by atoms with Gasteiger partial charge in [-0.2, -0.15) is 0 Å². The van der Waals surface area contributed by atoms with Gasteiger partial charge in [-0.1, -0.05) is 19.0 Å². The number of nitrogens with zero attached hydrogens (tertiary/aromatic N) is 1. The lowest BCUT2D eigenvalue weighted by molar-refractivity contribution is 0.271. The van der Waals surface area contributed by atoms with Crippen molar-refractivity contribution in [2.24, 2.45) is 0 Å². The van der Waals surface area contributed by atoms with Gasteiger partial charge in [-0.15, -0.1) is 0 Å². The van der Waals surface area contributed by atoms with E-state index in [1.54, 1.807) is 0 Å². The molecular formula is C11H22BN. The van der Waals surface area contributed by atoms with Crippen LogP contribution in [0.2, 0.25) is 6.82 Å². The van der Waals surface area contributed by atoms with Gasteiger partial charge in [0.1, 0.15) is 0 Å². The summed E-state index contributed by atoms with van der Waals surface area (Å²) in [7, 11) is 1.00. The second-order valence-electron chi connectivity index (χ2n) is 4.67. The van der Waals surface area contributed by atoms with E-state index in [4.69, 9.17) is 0 Å². The highest BCUT2D eigenvalue weighted by molar-refractivity contribution is 6.43. The van der Waals surface area contributed by atoms with Gasteiger partial charge in [0.05, 0.1) is 0 Å². The van der Waals surface area contributed by atoms with Crippen LogP contribution < -0.4 is 0 Å². The topological polar surface area (TPSA) is 3.24 Å². The Morgan fingerprint density at radius 3 is 2.00 bits per heavy atom. The summed E-state index contributed by atoms with van der Waals surface area (Å²) < 4.78 is 0. The summed E-state index contributed by atoms with van der Waals surface area (Å²) in [5.74, 6) is 0. The molecule has 0 unspecified atom stereocenters. The fraction of sp³-hybridized carbons (Fsp3) is 0.636. The summed E-state index contributed by atoms with van der Waals surface area (Å²) in [6, 6.07) is 0. The highest BCUT2D eigenvalue weighted by Gasteiger charge is 2.19. The lowest BCUT2D eigenvalue weighted by atomic mass is 9.76. The fourth-order valence-corrected chi connectivity index (χ4v) is 1.19. The number of hydrogen-bond acceptors (Lipinski definition) is 1. The lowest BCUT2D eigenvalue weighted by Crippen LogP contribution is -2.37. The van der Waals surface area contributed by atoms with E-state index in [0.29, 0.717) is 0 Å². The average Bonchev–Trinajstić information content (AvgIpc) is 1.96. The van der Waals surface area contributed by atoms with Crippen molar-refractivity contribution in [2.45, 2.75) is 47.0 Å². The average molecular weight is 179 g/mol. The molecule has 0 aliphatic heterocycles. The maximum absolute atomic E-state index is 4.07. The van der Waals surface area contributed by atoms with Gasteiger partial charge in [-0.05, 0) is 40.2 Å². The fourth-order valence-electron chi connectivity index (χ4n) is 1.19. The molecule has 1 nitrogen and oxygen atoms in total. The Hall–Kier alpha value is -0.655. The van der Waals surface area contributed by atoms with Crippen LogP contribution in [0.3, 0.4) is 0 Å². The van der Waals surface area contributed by atoms with Gasteiger partial charge in [0, 0.05) is 11.7 Å². The van der Waals surface area contributed by atoms with Gasteiger partial charge in [0.15, 0.2) is 7.28 Å². The number of allylic oxidation sites excluding steroid dienone is 1. The Balaban J connectivity index is 4.78. The van der Waals surface area contributed by atoms with Crippen LogP contribution in [-0.4, -0.2) is 17.7 Å². The van der Waals surface area contributed by atoms with Crippen molar-refractivity contribution in [3.63, 3.8) is 0 Å². The van der Waals surface area contributed by atoms with Crippen LogP contribution in [0.5, 0.6) is 0 Å². The molecule has 74 valence electrons. The van der Waals surface area contributed by atoms with Crippen LogP contribution in [0, 0.1) is 0 Å². The quantitative estimate of drug-likeness (QED) is 0.602. The highest BCUT2D eigenvalue weighted by atomic mass is 15.2. The van der Waals surface area contributed by atoms with E-state index in [2.05, 4.69) is 59.1 Å². The van der Waals surface area contributed by atoms with E-state index in [1.807, 2.05) is 0 Å². The zero-order valence-corrected chi connectivity index (χ0v) is 9.94. The first kappa shape index (κ1) is 12.3. The van der Waals surface area contributed by atoms with Crippen molar-refractivity contribution < 1.29 is 0 Å². The minimum absolute atomic E-state index is 0.129. The summed E-state index contributed by atoms with van der Waals surface area (Å²) in [6.45, 7) is 17.0. The molecule has 0 radical (unpaired) electrons. The molecule has 0 aromatic heterocycles. The summed E-state index contributed by atoms with van der Waals surface area (Å²) in [6.07, 6.45) is 2.17. The Kier molecular flexibility index (Phi) is 4.32. The number of rotatable bonds is 3. The SMILES string of the molecule is C=C(BC)N(C=C(C)C)C(C)(C)C. The molecule has 13 heavy (non-hydrogen) atoms. The maximum Gasteiger partial charge on any atom is 0.175 e. The normalized spacial score (nSPS) is 10.6. The molecule has 0 amide bonds. The summed E-state index contributed by atoms with van der Waals surface area (Å²) in [5.41, 5.74) is 2.61. The van der Waals surface area contributed by atoms with E-state index in [-0.39, 0.29) is 5.54 Å². The largest absolute Gasteiger partial charge is 0.356 e. The molecule has 0 aromatic carbocycles. The van der Waals surface area contributed by atoms with Gasteiger partial charge in [0.25, 0.3) is 0 Å². The van der Waals surface area contributed by atoms with Gasteiger partial charge >= 0.3 is 0 Å². The van der Waals surface area contributed by atoms with Crippen molar-refractivity contribution in [3.05, 3.63) is 23.9 Å². The first-order valence-electron chi connectivity index (χ1n) is 4.91. The third kappa shape index (κ3) is 4.21. The summed E-state index contributed by atoms with van der Waals surface area (Å²) in [5, 5.41) is 0. The molecule has 0 atom stereocenters. The van der Waals surface area contributed by atoms with Crippen molar-refractivity contribution in [1.82, 2.24) is 4.90 Å². The Morgan fingerprint density at radius 2 is 1.77 bits per heavy atom. The molecule has 2 heteroatoms. The minimum atomic E-state index is 0.129. The second kappa shape index (κ2) is 4.54. The van der Waals surface area contributed by atoms with Crippen LogP contribution in [0.4, 0.5) is 0 Å². The van der Waals surface area contributed by atoms with Gasteiger partial charge in [-0.25, -0.2) is 0 Å². The van der Waals surface area contributed by atoms with Crippen molar-refractivity contribution in [3.8, 4) is 0 Å². The standard InChI is InChI=1S/C11H22BN/c1-9(2)8-13(10(3)12-7)11(4,5)6/h8,12H,3H2,1-2,4-7H3. The number of hydrogen-bond donors (Lipinski definition) is 0. The Labute approximate surface area is 83.8 Å². The molecule has 0 aliphatic rings. The van der Waals surface area contributed by atoms with Gasteiger partial charge < -0.3 is 4.90 Å². The second-order valence-corrected chi connectivity index (χ2v) is 4.67. The summed E-state index contributed by atoms with van der Waals surface area (Å²) in [4.78, 5) is 2.25. The molecule has 0 heterocycles.